The van der Waals surface area contributed by atoms with Gasteiger partial charge in [0.05, 0.1) is 15.7 Å². The Labute approximate surface area is 137 Å². The van der Waals surface area contributed by atoms with Gasteiger partial charge in [-0.25, -0.2) is 0 Å². The van der Waals surface area contributed by atoms with Crippen molar-refractivity contribution >= 4 is 46.6 Å². The third-order valence-corrected chi connectivity index (χ3v) is 4.21. The van der Waals surface area contributed by atoms with Crippen LogP contribution in [0.1, 0.15) is 12.8 Å². The van der Waals surface area contributed by atoms with E-state index in [0.717, 1.165) is 0 Å². The van der Waals surface area contributed by atoms with Gasteiger partial charge in [0, 0.05) is 19.0 Å². The van der Waals surface area contributed by atoms with Gasteiger partial charge in [-0.3, -0.25) is 14.4 Å². The van der Waals surface area contributed by atoms with E-state index in [9.17, 15) is 14.4 Å². The van der Waals surface area contributed by atoms with E-state index in [1.165, 1.54) is 4.90 Å². The minimum Gasteiger partial charge on any atom is -0.369 e. The molecule has 1 aromatic rings. The number of nitrogens with two attached hydrogens (primary N) is 1. The number of para-hydroxylation sites is 1. The summed E-state index contributed by atoms with van der Waals surface area (Å²) in [6.45, 7) is 0.631. The third kappa shape index (κ3) is 3.69. The normalized spacial score (nSPS) is 15.5. The standard InChI is InChI=1S/C14H15Cl2N3O3/c15-9-2-1-3-10(16)11(9)18-13(21)14(22)19-6-4-8(5-7-19)12(17)20/h1-3,8H,4-7H2,(H2,17,20)(H,18,21). The number of likely N-dealkylation sites (tertiary alicyclic amines) is 1. The molecule has 1 saturated heterocycles. The molecular weight excluding hydrogens is 329 g/mol. The Balaban J connectivity index is 1.99. The van der Waals surface area contributed by atoms with Crippen LogP contribution in [0.3, 0.4) is 0 Å². The minimum atomic E-state index is -0.812. The first-order valence-electron chi connectivity index (χ1n) is 6.73. The lowest BCUT2D eigenvalue weighted by molar-refractivity contribution is -0.144. The number of nitrogens with zero attached hydrogens (tertiary/aromatic N) is 1. The zero-order valence-corrected chi connectivity index (χ0v) is 13.2. The monoisotopic (exact) mass is 343 g/mol. The number of piperidine rings is 1. The number of carbonyl (C=O) groups is 3. The summed E-state index contributed by atoms with van der Waals surface area (Å²) in [7, 11) is 0. The van der Waals surface area contributed by atoms with E-state index in [4.69, 9.17) is 28.9 Å². The first-order chi connectivity index (χ1) is 10.4. The molecule has 0 atom stereocenters. The fraction of sp³-hybridized carbons (Fsp3) is 0.357. The third-order valence-electron chi connectivity index (χ3n) is 3.58. The Morgan fingerprint density at radius 3 is 2.18 bits per heavy atom. The van der Waals surface area contributed by atoms with E-state index in [2.05, 4.69) is 5.32 Å². The number of amides is 3. The van der Waals surface area contributed by atoms with Crippen LogP contribution in [0.2, 0.25) is 10.0 Å². The van der Waals surface area contributed by atoms with Gasteiger partial charge in [-0.15, -0.1) is 0 Å². The van der Waals surface area contributed by atoms with Crippen molar-refractivity contribution in [2.45, 2.75) is 12.8 Å². The van der Waals surface area contributed by atoms with Crippen molar-refractivity contribution in [3.05, 3.63) is 28.2 Å². The molecule has 0 bridgehead atoms. The van der Waals surface area contributed by atoms with Crippen LogP contribution in [0, 0.1) is 5.92 Å². The van der Waals surface area contributed by atoms with Crippen molar-refractivity contribution in [1.82, 2.24) is 4.90 Å². The highest BCUT2D eigenvalue weighted by molar-refractivity contribution is 6.44. The van der Waals surface area contributed by atoms with Crippen molar-refractivity contribution in [1.29, 1.82) is 0 Å². The van der Waals surface area contributed by atoms with Crippen LogP contribution in [0.5, 0.6) is 0 Å². The molecule has 1 aliphatic heterocycles. The molecule has 0 spiro atoms. The second-order valence-corrected chi connectivity index (χ2v) is 5.83. The zero-order valence-electron chi connectivity index (χ0n) is 11.6. The molecule has 0 aliphatic carbocycles. The average Bonchev–Trinajstić information content (AvgIpc) is 2.50. The Morgan fingerprint density at radius 1 is 1.14 bits per heavy atom. The highest BCUT2D eigenvalue weighted by Gasteiger charge is 2.29. The van der Waals surface area contributed by atoms with E-state index in [1.807, 2.05) is 0 Å². The molecule has 1 aliphatic rings. The number of halogens is 2. The van der Waals surface area contributed by atoms with Crippen LogP contribution in [0.25, 0.3) is 0 Å². The van der Waals surface area contributed by atoms with Crippen molar-refractivity contribution in [3.63, 3.8) is 0 Å². The molecule has 0 radical (unpaired) electrons. The lowest BCUT2D eigenvalue weighted by Gasteiger charge is -2.30. The highest BCUT2D eigenvalue weighted by Crippen LogP contribution is 2.29. The summed E-state index contributed by atoms with van der Waals surface area (Å²) in [5.41, 5.74) is 5.44. The second-order valence-electron chi connectivity index (χ2n) is 5.02. The fourth-order valence-electron chi connectivity index (χ4n) is 2.29. The summed E-state index contributed by atoms with van der Waals surface area (Å²) in [6.07, 6.45) is 0.919. The lowest BCUT2D eigenvalue weighted by atomic mass is 9.96. The van der Waals surface area contributed by atoms with Gasteiger partial charge in [-0.05, 0) is 25.0 Å². The van der Waals surface area contributed by atoms with Crippen LogP contribution < -0.4 is 11.1 Å². The summed E-state index contributed by atoms with van der Waals surface area (Å²) < 4.78 is 0. The van der Waals surface area contributed by atoms with Crippen molar-refractivity contribution in [3.8, 4) is 0 Å². The maximum absolute atomic E-state index is 12.1. The second kappa shape index (κ2) is 6.98. The summed E-state index contributed by atoms with van der Waals surface area (Å²) >= 11 is 11.9. The Bertz CT molecular complexity index is 593. The maximum Gasteiger partial charge on any atom is 0.313 e. The smallest absolute Gasteiger partial charge is 0.313 e. The minimum absolute atomic E-state index is 0.205. The van der Waals surface area contributed by atoms with Gasteiger partial charge in [-0.2, -0.15) is 0 Å². The van der Waals surface area contributed by atoms with Gasteiger partial charge in [0.25, 0.3) is 0 Å². The largest absolute Gasteiger partial charge is 0.369 e. The first-order valence-corrected chi connectivity index (χ1v) is 7.49. The molecule has 0 unspecified atom stereocenters. The molecule has 1 aromatic carbocycles. The molecule has 6 nitrogen and oxygen atoms in total. The SMILES string of the molecule is NC(=O)C1CCN(C(=O)C(=O)Nc2c(Cl)cccc2Cl)CC1. The Hall–Kier alpha value is -1.79. The van der Waals surface area contributed by atoms with E-state index in [1.54, 1.807) is 18.2 Å². The Kier molecular flexibility index (Phi) is 5.26. The highest BCUT2D eigenvalue weighted by atomic mass is 35.5. The number of benzene rings is 1. The van der Waals surface area contributed by atoms with Gasteiger partial charge >= 0.3 is 11.8 Å². The predicted octanol–water partition coefficient (Wildman–Crippen LogP) is 1.66. The van der Waals surface area contributed by atoms with Crippen LogP contribution in [-0.2, 0) is 14.4 Å². The van der Waals surface area contributed by atoms with Gasteiger partial charge in [-0.1, -0.05) is 29.3 Å². The molecular formula is C14H15Cl2N3O3. The van der Waals surface area contributed by atoms with Crippen LogP contribution in [0.4, 0.5) is 5.69 Å². The molecule has 22 heavy (non-hydrogen) atoms. The summed E-state index contributed by atoms with van der Waals surface area (Å²) in [5, 5.41) is 2.93. The maximum atomic E-state index is 12.1. The number of hydrogen-bond donors (Lipinski definition) is 2. The van der Waals surface area contributed by atoms with Crippen LogP contribution in [-0.4, -0.2) is 35.7 Å². The summed E-state index contributed by atoms with van der Waals surface area (Å²) in [5.74, 6) is -2.11. The van der Waals surface area contributed by atoms with Gasteiger partial charge in [0.15, 0.2) is 0 Å². The van der Waals surface area contributed by atoms with E-state index in [0.29, 0.717) is 25.9 Å². The number of nitrogens with one attached hydrogen (secondary N) is 1. The van der Waals surface area contributed by atoms with Crippen LogP contribution >= 0.6 is 23.2 Å². The molecule has 1 fully saturated rings. The van der Waals surface area contributed by atoms with Crippen LogP contribution in [0.15, 0.2) is 18.2 Å². The zero-order chi connectivity index (χ0) is 16.3. The molecule has 3 amide bonds. The van der Waals surface area contributed by atoms with E-state index >= 15 is 0 Å². The average molecular weight is 344 g/mol. The van der Waals surface area contributed by atoms with Gasteiger partial charge in [0.2, 0.25) is 5.91 Å². The quantitative estimate of drug-likeness (QED) is 0.799. The topological polar surface area (TPSA) is 92.5 Å². The predicted molar refractivity (Wildman–Crippen MR) is 83.6 cm³/mol. The molecule has 0 saturated carbocycles. The lowest BCUT2D eigenvalue weighted by Crippen LogP contribution is -2.46. The molecule has 118 valence electrons. The first kappa shape index (κ1) is 16.6. The van der Waals surface area contributed by atoms with Crippen molar-refractivity contribution < 1.29 is 14.4 Å². The van der Waals surface area contributed by atoms with Crippen molar-refractivity contribution in [2.75, 3.05) is 18.4 Å². The number of carbonyl (C=O) groups excluding carboxylic acids is 3. The van der Waals surface area contributed by atoms with Crippen molar-refractivity contribution in [2.24, 2.45) is 11.7 Å². The molecule has 8 heteroatoms. The Morgan fingerprint density at radius 2 is 1.68 bits per heavy atom. The number of rotatable bonds is 2. The van der Waals surface area contributed by atoms with E-state index < -0.39 is 11.8 Å². The van der Waals surface area contributed by atoms with Gasteiger partial charge < -0.3 is 16.0 Å². The summed E-state index contributed by atoms with van der Waals surface area (Å²) in [4.78, 5) is 36.6. The number of hydrogen-bond acceptors (Lipinski definition) is 3. The van der Waals surface area contributed by atoms with E-state index in [-0.39, 0.29) is 27.6 Å². The molecule has 1 heterocycles. The summed E-state index contributed by atoms with van der Waals surface area (Å²) in [6, 6.07) is 4.76. The molecule has 0 aromatic heterocycles. The number of anilines is 1. The molecule has 2 rings (SSSR count). The van der Waals surface area contributed by atoms with Gasteiger partial charge in [0.1, 0.15) is 0 Å². The molecule has 3 N–H and O–H groups in total. The number of primary amides is 1. The fourth-order valence-corrected chi connectivity index (χ4v) is 2.79.